The molecule has 2 N–H and O–H groups in total. The number of nitrogens with one attached hydrogen (secondary N) is 2. The Morgan fingerprint density at radius 3 is 2.85 bits per heavy atom. The molecule has 1 spiro atoms. The number of urea groups is 1. The molecular weight excluding hydrogens is 256 g/mol. The van der Waals surface area contributed by atoms with Gasteiger partial charge in [0.15, 0.2) is 0 Å². The average Bonchev–Trinajstić information content (AvgIpc) is 3.03. The zero-order chi connectivity index (χ0) is 13.7. The Bertz CT molecular complexity index is 446. The summed E-state index contributed by atoms with van der Waals surface area (Å²) in [4.78, 5) is 28.1. The number of piperazine rings is 1. The number of amides is 3. The van der Waals surface area contributed by atoms with Crippen LogP contribution in [0.2, 0.25) is 0 Å². The zero-order valence-electron chi connectivity index (χ0n) is 11.7. The van der Waals surface area contributed by atoms with Gasteiger partial charge in [0.05, 0.1) is 6.04 Å². The quantitative estimate of drug-likeness (QED) is 0.687. The van der Waals surface area contributed by atoms with Gasteiger partial charge < -0.3 is 20.4 Å². The van der Waals surface area contributed by atoms with Crippen LogP contribution in [-0.2, 0) is 4.79 Å². The first-order valence-corrected chi connectivity index (χ1v) is 7.74. The Hall–Kier alpha value is -1.30. The fourth-order valence-electron chi connectivity index (χ4n) is 4.20. The van der Waals surface area contributed by atoms with Crippen LogP contribution in [0.15, 0.2) is 0 Å². The molecule has 6 nitrogen and oxygen atoms in total. The van der Waals surface area contributed by atoms with Crippen molar-refractivity contribution in [2.45, 2.75) is 25.3 Å². The predicted octanol–water partition coefficient (Wildman–Crippen LogP) is -0.388. The highest BCUT2D eigenvalue weighted by Crippen LogP contribution is 2.59. The Morgan fingerprint density at radius 2 is 2.05 bits per heavy atom. The third kappa shape index (κ3) is 1.81. The lowest BCUT2D eigenvalue weighted by atomic mass is 9.91. The van der Waals surface area contributed by atoms with E-state index in [9.17, 15) is 9.59 Å². The van der Waals surface area contributed by atoms with Gasteiger partial charge in [0.25, 0.3) is 0 Å². The molecule has 2 atom stereocenters. The lowest BCUT2D eigenvalue weighted by molar-refractivity contribution is -0.135. The molecule has 3 amide bonds. The van der Waals surface area contributed by atoms with E-state index in [-0.39, 0.29) is 18.0 Å². The Labute approximate surface area is 118 Å². The summed E-state index contributed by atoms with van der Waals surface area (Å²) in [6.07, 6.45) is 3.37. The van der Waals surface area contributed by atoms with Crippen molar-refractivity contribution in [3.8, 4) is 0 Å². The van der Waals surface area contributed by atoms with E-state index in [4.69, 9.17) is 0 Å². The molecule has 4 aliphatic rings. The summed E-state index contributed by atoms with van der Waals surface area (Å²) in [6.45, 7) is 4.89. The molecule has 0 aromatic heterocycles. The van der Waals surface area contributed by atoms with Crippen LogP contribution < -0.4 is 10.6 Å². The average molecular weight is 278 g/mol. The summed E-state index contributed by atoms with van der Waals surface area (Å²) in [6, 6.07) is 0.214. The SMILES string of the molecule is O=C(C1CC12CCNCC2)N1CCN2C(=O)NCC2C1. The number of hydrogen-bond donors (Lipinski definition) is 2. The molecule has 4 fully saturated rings. The number of rotatable bonds is 1. The van der Waals surface area contributed by atoms with Gasteiger partial charge in [0.2, 0.25) is 5.91 Å². The molecule has 3 aliphatic heterocycles. The van der Waals surface area contributed by atoms with E-state index in [1.807, 2.05) is 9.80 Å². The minimum atomic E-state index is 0.0309. The van der Waals surface area contributed by atoms with Crippen LogP contribution in [-0.4, -0.2) is 67.0 Å². The van der Waals surface area contributed by atoms with E-state index in [0.29, 0.717) is 37.5 Å². The van der Waals surface area contributed by atoms with Crippen molar-refractivity contribution in [3.05, 3.63) is 0 Å². The van der Waals surface area contributed by atoms with Crippen molar-refractivity contribution in [2.24, 2.45) is 11.3 Å². The van der Waals surface area contributed by atoms with Gasteiger partial charge in [-0.1, -0.05) is 0 Å². The summed E-state index contributed by atoms with van der Waals surface area (Å²) in [5.41, 5.74) is 0.309. The molecule has 3 saturated heterocycles. The molecule has 4 rings (SSSR count). The van der Waals surface area contributed by atoms with Crippen molar-refractivity contribution < 1.29 is 9.59 Å². The summed E-state index contributed by atoms with van der Waals surface area (Å²) < 4.78 is 0. The molecule has 1 saturated carbocycles. The largest absolute Gasteiger partial charge is 0.339 e. The van der Waals surface area contributed by atoms with Gasteiger partial charge in [0.1, 0.15) is 0 Å². The third-order valence-electron chi connectivity index (χ3n) is 5.63. The van der Waals surface area contributed by atoms with Crippen LogP contribution in [0.5, 0.6) is 0 Å². The van der Waals surface area contributed by atoms with Crippen molar-refractivity contribution in [3.63, 3.8) is 0 Å². The first-order valence-electron chi connectivity index (χ1n) is 7.74. The summed E-state index contributed by atoms with van der Waals surface area (Å²) in [5.74, 6) is 0.590. The highest BCUT2D eigenvalue weighted by molar-refractivity contribution is 5.84. The maximum atomic E-state index is 12.7. The van der Waals surface area contributed by atoms with Crippen molar-refractivity contribution in [1.82, 2.24) is 20.4 Å². The Morgan fingerprint density at radius 1 is 1.25 bits per heavy atom. The highest BCUT2D eigenvalue weighted by atomic mass is 16.2. The van der Waals surface area contributed by atoms with Crippen molar-refractivity contribution in [1.29, 1.82) is 0 Å². The first-order chi connectivity index (χ1) is 9.70. The van der Waals surface area contributed by atoms with E-state index in [0.717, 1.165) is 32.4 Å². The number of carbonyl (C=O) groups is 2. The molecular formula is C14H22N4O2. The minimum Gasteiger partial charge on any atom is -0.339 e. The summed E-state index contributed by atoms with van der Waals surface area (Å²) in [5, 5.41) is 6.24. The van der Waals surface area contributed by atoms with Crippen LogP contribution in [0.4, 0.5) is 4.79 Å². The van der Waals surface area contributed by atoms with Crippen molar-refractivity contribution in [2.75, 3.05) is 39.3 Å². The topological polar surface area (TPSA) is 64.7 Å². The number of nitrogens with zero attached hydrogens (tertiary/aromatic N) is 2. The zero-order valence-corrected chi connectivity index (χ0v) is 11.7. The third-order valence-corrected chi connectivity index (χ3v) is 5.63. The summed E-state index contributed by atoms with van der Waals surface area (Å²) in [7, 11) is 0. The van der Waals surface area contributed by atoms with Gasteiger partial charge in [0, 0.05) is 32.1 Å². The van der Waals surface area contributed by atoms with Crippen LogP contribution in [0.1, 0.15) is 19.3 Å². The van der Waals surface area contributed by atoms with Crippen LogP contribution in [0.3, 0.4) is 0 Å². The fourth-order valence-corrected chi connectivity index (χ4v) is 4.20. The van der Waals surface area contributed by atoms with Gasteiger partial charge in [-0.05, 0) is 37.8 Å². The lowest BCUT2D eigenvalue weighted by Crippen LogP contribution is -2.54. The second-order valence-corrected chi connectivity index (χ2v) is 6.69. The van der Waals surface area contributed by atoms with Crippen LogP contribution in [0.25, 0.3) is 0 Å². The monoisotopic (exact) mass is 278 g/mol. The predicted molar refractivity (Wildman–Crippen MR) is 73.1 cm³/mol. The smallest absolute Gasteiger partial charge is 0.317 e. The molecule has 6 heteroatoms. The van der Waals surface area contributed by atoms with E-state index in [2.05, 4.69) is 10.6 Å². The maximum Gasteiger partial charge on any atom is 0.317 e. The van der Waals surface area contributed by atoms with E-state index < -0.39 is 0 Å². The number of fused-ring (bicyclic) bond motifs is 1. The molecule has 20 heavy (non-hydrogen) atoms. The first kappa shape index (κ1) is 12.4. The molecule has 2 unspecified atom stereocenters. The molecule has 0 bridgehead atoms. The van der Waals surface area contributed by atoms with Crippen LogP contribution in [0, 0.1) is 11.3 Å². The van der Waals surface area contributed by atoms with Gasteiger partial charge >= 0.3 is 6.03 Å². The van der Waals surface area contributed by atoms with E-state index >= 15 is 0 Å². The summed E-state index contributed by atoms with van der Waals surface area (Å²) >= 11 is 0. The second-order valence-electron chi connectivity index (χ2n) is 6.69. The van der Waals surface area contributed by atoms with Crippen LogP contribution >= 0.6 is 0 Å². The second kappa shape index (κ2) is 4.35. The molecule has 0 aromatic rings. The van der Waals surface area contributed by atoms with Gasteiger partial charge in [-0.2, -0.15) is 0 Å². The molecule has 3 heterocycles. The number of piperidine rings is 1. The molecule has 110 valence electrons. The van der Waals surface area contributed by atoms with Crippen molar-refractivity contribution >= 4 is 11.9 Å². The lowest BCUT2D eigenvalue weighted by Gasteiger charge is -2.37. The molecule has 0 radical (unpaired) electrons. The van der Waals surface area contributed by atoms with Gasteiger partial charge in [-0.3, -0.25) is 4.79 Å². The fraction of sp³-hybridized carbons (Fsp3) is 0.857. The maximum absolute atomic E-state index is 12.7. The van der Waals surface area contributed by atoms with E-state index in [1.54, 1.807) is 0 Å². The number of hydrogen-bond acceptors (Lipinski definition) is 3. The molecule has 1 aliphatic carbocycles. The highest BCUT2D eigenvalue weighted by Gasteiger charge is 2.59. The van der Waals surface area contributed by atoms with Gasteiger partial charge in [-0.15, -0.1) is 0 Å². The normalized spacial score (nSPS) is 34.9. The van der Waals surface area contributed by atoms with Gasteiger partial charge in [-0.25, -0.2) is 4.79 Å². The Kier molecular flexibility index (Phi) is 2.70. The number of carbonyl (C=O) groups excluding carboxylic acids is 2. The van der Waals surface area contributed by atoms with E-state index in [1.165, 1.54) is 0 Å². The standard InChI is InChI=1S/C14H22N4O2/c19-12(11-7-14(11)1-3-15-4-2-14)17-5-6-18-10(9-17)8-16-13(18)20/h10-11,15H,1-9H2,(H,16,20). The molecule has 0 aromatic carbocycles. The Balaban J connectivity index is 1.39. The minimum absolute atomic E-state index is 0.0309.